The highest BCUT2D eigenvalue weighted by molar-refractivity contribution is 6.16. The SMILES string of the molecule is CC1(C)c2ccccc2-c2c1ccc1cc3c(cc21)c1ccccc1n3-c1ccccc1. The van der Waals surface area contributed by atoms with Gasteiger partial charge in [0, 0.05) is 21.9 Å². The number of aromatic nitrogens is 1. The molecule has 0 unspecified atom stereocenters. The van der Waals surface area contributed by atoms with Gasteiger partial charge in [0.05, 0.1) is 11.0 Å². The Balaban J connectivity index is 1.66. The van der Waals surface area contributed by atoms with Crippen LogP contribution in [-0.2, 0) is 5.41 Å². The fourth-order valence-electron chi connectivity index (χ4n) is 5.84. The minimum Gasteiger partial charge on any atom is -0.309 e. The van der Waals surface area contributed by atoms with Gasteiger partial charge in [-0.15, -0.1) is 0 Å². The molecule has 0 amide bonds. The molecule has 32 heavy (non-hydrogen) atoms. The Hall–Kier alpha value is -3.84. The predicted octanol–water partition coefficient (Wildman–Crippen LogP) is 8.24. The summed E-state index contributed by atoms with van der Waals surface area (Å²) in [6.07, 6.45) is 0. The predicted molar refractivity (Wildman–Crippen MR) is 136 cm³/mol. The first-order chi connectivity index (χ1) is 15.6. The zero-order valence-corrected chi connectivity index (χ0v) is 18.3. The fraction of sp³-hybridized carbons (Fsp3) is 0.0968. The number of hydrogen-bond donors (Lipinski definition) is 0. The number of nitrogens with zero attached hydrogens (tertiary/aromatic N) is 1. The molecule has 0 aliphatic heterocycles. The summed E-state index contributed by atoms with van der Waals surface area (Å²) in [6, 6.07) is 37.9. The maximum absolute atomic E-state index is 2.43. The first kappa shape index (κ1) is 17.8. The number of rotatable bonds is 1. The molecule has 0 saturated carbocycles. The molecule has 0 fully saturated rings. The normalized spacial score (nSPS) is 14.2. The lowest BCUT2D eigenvalue weighted by Crippen LogP contribution is -2.14. The Bertz CT molecular complexity index is 1680. The Labute approximate surface area is 187 Å². The Morgan fingerprint density at radius 3 is 2.19 bits per heavy atom. The van der Waals surface area contributed by atoms with Crippen LogP contribution in [-0.4, -0.2) is 4.57 Å². The van der Waals surface area contributed by atoms with Crippen molar-refractivity contribution in [1.29, 1.82) is 0 Å². The molecule has 1 aliphatic carbocycles. The van der Waals surface area contributed by atoms with E-state index in [1.54, 1.807) is 0 Å². The molecular formula is C31H23N. The van der Waals surface area contributed by atoms with Gasteiger partial charge in [0.2, 0.25) is 0 Å². The molecule has 6 aromatic rings. The zero-order chi connectivity index (χ0) is 21.4. The van der Waals surface area contributed by atoms with Crippen LogP contribution in [0, 0.1) is 0 Å². The molecule has 0 bridgehead atoms. The van der Waals surface area contributed by atoms with Crippen LogP contribution in [0.5, 0.6) is 0 Å². The van der Waals surface area contributed by atoms with Crippen LogP contribution in [0.15, 0.2) is 103 Å². The second-order valence-corrected chi connectivity index (χ2v) is 9.44. The minimum absolute atomic E-state index is 0.0209. The van der Waals surface area contributed by atoms with E-state index in [0.29, 0.717) is 0 Å². The third-order valence-electron chi connectivity index (χ3n) is 7.37. The Morgan fingerprint density at radius 2 is 1.31 bits per heavy atom. The van der Waals surface area contributed by atoms with Gasteiger partial charge in [0.1, 0.15) is 0 Å². The van der Waals surface area contributed by atoms with Gasteiger partial charge < -0.3 is 4.57 Å². The van der Waals surface area contributed by atoms with Crippen molar-refractivity contribution >= 4 is 32.6 Å². The van der Waals surface area contributed by atoms with Crippen molar-refractivity contribution in [2.75, 3.05) is 0 Å². The fourth-order valence-corrected chi connectivity index (χ4v) is 5.84. The van der Waals surface area contributed by atoms with E-state index in [4.69, 9.17) is 0 Å². The van der Waals surface area contributed by atoms with Crippen molar-refractivity contribution in [2.45, 2.75) is 19.3 Å². The van der Waals surface area contributed by atoms with Gasteiger partial charge in [-0.25, -0.2) is 0 Å². The molecule has 0 N–H and O–H groups in total. The summed E-state index contributed by atoms with van der Waals surface area (Å²) < 4.78 is 2.40. The summed E-state index contributed by atoms with van der Waals surface area (Å²) in [7, 11) is 0. The van der Waals surface area contributed by atoms with Crippen LogP contribution in [0.2, 0.25) is 0 Å². The number of fused-ring (bicyclic) bond motifs is 8. The largest absolute Gasteiger partial charge is 0.309 e. The van der Waals surface area contributed by atoms with E-state index in [1.165, 1.54) is 60.5 Å². The molecule has 0 spiro atoms. The van der Waals surface area contributed by atoms with Crippen LogP contribution >= 0.6 is 0 Å². The van der Waals surface area contributed by atoms with Gasteiger partial charge in [-0.2, -0.15) is 0 Å². The first-order valence-electron chi connectivity index (χ1n) is 11.3. The molecule has 1 nitrogen and oxygen atoms in total. The van der Waals surface area contributed by atoms with E-state index in [9.17, 15) is 0 Å². The summed E-state index contributed by atoms with van der Waals surface area (Å²) in [5.74, 6) is 0. The van der Waals surface area contributed by atoms with E-state index in [1.807, 2.05) is 0 Å². The van der Waals surface area contributed by atoms with Gasteiger partial charge in [-0.1, -0.05) is 86.6 Å². The average Bonchev–Trinajstić information content (AvgIpc) is 3.27. The number of hydrogen-bond acceptors (Lipinski definition) is 0. The highest BCUT2D eigenvalue weighted by Gasteiger charge is 2.36. The molecule has 0 atom stereocenters. The lowest BCUT2D eigenvalue weighted by Gasteiger charge is -2.21. The molecule has 1 aliphatic rings. The van der Waals surface area contributed by atoms with Gasteiger partial charge in [0.25, 0.3) is 0 Å². The summed E-state index contributed by atoms with van der Waals surface area (Å²) in [5, 5.41) is 5.26. The molecule has 7 rings (SSSR count). The first-order valence-corrected chi connectivity index (χ1v) is 11.3. The topological polar surface area (TPSA) is 4.93 Å². The third kappa shape index (κ3) is 2.18. The van der Waals surface area contributed by atoms with Gasteiger partial charge in [0.15, 0.2) is 0 Å². The second-order valence-electron chi connectivity index (χ2n) is 9.44. The number of para-hydroxylation sites is 2. The smallest absolute Gasteiger partial charge is 0.0547 e. The number of benzene rings is 5. The van der Waals surface area contributed by atoms with Gasteiger partial charge >= 0.3 is 0 Å². The van der Waals surface area contributed by atoms with Crippen LogP contribution in [0.4, 0.5) is 0 Å². The van der Waals surface area contributed by atoms with Crippen molar-refractivity contribution in [3.63, 3.8) is 0 Å². The van der Waals surface area contributed by atoms with E-state index in [-0.39, 0.29) is 5.41 Å². The molecular weight excluding hydrogens is 386 g/mol. The molecule has 1 heteroatoms. The van der Waals surface area contributed by atoms with Crippen molar-refractivity contribution in [1.82, 2.24) is 4.57 Å². The van der Waals surface area contributed by atoms with Crippen LogP contribution in [0.1, 0.15) is 25.0 Å². The average molecular weight is 410 g/mol. The Kier molecular flexibility index (Phi) is 3.40. The van der Waals surface area contributed by atoms with E-state index >= 15 is 0 Å². The van der Waals surface area contributed by atoms with Crippen LogP contribution < -0.4 is 0 Å². The van der Waals surface area contributed by atoms with Gasteiger partial charge in [-0.3, -0.25) is 0 Å². The minimum atomic E-state index is 0.0209. The highest BCUT2D eigenvalue weighted by atomic mass is 15.0. The maximum Gasteiger partial charge on any atom is 0.0547 e. The van der Waals surface area contributed by atoms with Crippen LogP contribution in [0.25, 0.3) is 49.4 Å². The summed E-state index contributed by atoms with van der Waals surface area (Å²) in [5.41, 5.74) is 9.37. The van der Waals surface area contributed by atoms with Gasteiger partial charge in [-0.05, 0) is 63.4 Å². The maximum atomic E-state index is 2.43. The quantitative estimate of drug-likeness (QED) is 0.258. The summed E-state index contributed by atoms with van der Waals surface area (Å²) in [4.78, 5) is 0. The van der Waals surface area contributed by atoms with E-state index in [2.05, 4.69) is 122 Å². The lowest BCUT2D eigenvalue weighted by atomic mass is 9.82. The molecule has 1 aromatic heterocycles. The summed E-state index contributed by atoms with van der Waals surface area (Å²) >= 11 is 0. The van der Waals surface area contributed by atoms with Crippen molar-refractivity contribution in [3.8, 4) is 16.8 Å². The highest BCUT2D eigenvalue weighted by Crippen LogP contribution is 2.51. The molecule has 0 saturated heterocycles. The van der Waals surface area contributed by atoms with E-state index in [0.717, 1.165) is 0 Å². The monoisotopic (exact) mass is 409 g/mol. The lowest BCUT2D eigenvalue weighted by molar-refractivity contribution is 0.661. The van der Waals surface area contributed by atoms with Crippen molar-refractivity contribution < 1.29 is 0 Å². The molecule has 0 radical (unpaired) electrons. The third-order valence-corrected chi connectivity index (χ3v) is 7.37. The second kappa shape index (κ2) is 6.11. The molecule has 5 aromatic carbocycles. The van der Waals surface area contributed by atoms with Crippen molar-refractivity contribution in [2.24, 2.45) is 0 Å². The molecule has 1 heterocycles. The van der Waals surface area contributed by atoms with Crippen molar-refractivity contribution in [3.05, 3.63) is 114 Å². The van der Waals surface area contributed by atoms with Crippen LogP contribution in [0.3, 0.4) is 0 Å². The standard InChI is InChI=1S/C31H23N/c1-31(2)26-14-8-6-13-23(26)30-24-19-25-22-12-7-9-15-28(22)32(21-10-4-3-5-11-21)29(25)18-20(24)16-17-27(30)31/h3-19H,1-2H3. The van der Waals surface area contributed by atoms with E-state index < -0.39 is 0 Å². The molecule has 152 valence electrons. The summed E-state index contributed by atoms with van der Waals surface area (Å²) in [6.45, 7) is 4.70. The Morgan fingerprint density at radius 1 is 0.562 bits per heavy atom. The zero-order valence-electron chi connectivity index (χ0n) is 18.3.